The molecule has 7 rings (SSSR count). The Morgan fingerprint density at radius 1 is 0.633 bits per heavy atom. The lowest BCUT2D eigenvalue weighted by Crippen LogP contribution is -2.40. The van der Waals surface area contributed by atoms with Gasteiger partial charge in [0.1, 0.15) is 23.3 Å². The number of nitrogens with zero attached hydrogens (tertiary/aromatic N) is 2. The van der Waals surface area contributed by atoms with Crippen LogP contribution in [0.15, 0.2) is 119 Å². The molecule has 2 aliphatic rings. The number of piperidine rings is 2. The molecule has 0 radical (unpaired) electrons. The van der Waals surface area contributed by atoms with Crippen LogP contribution in [0.1, 0.15) is 36.8 Å². The van der Waals surface area contributed by atoms with Crippen LogP contribution in [0, 0.1) is 11.8 Å². The van der Waals surface area contributed by atoms with Gasteiger partial charge in [0.05, 0.1) is 10.9 Å². The minimum Gasteiger partial charge on any atom is -0.463 e. The van der Waals surface area contributed by atoms with Crippen LogP contribution in [0.2, 0.25) is 0 Å². The first kappa shape index (κ1) is 32.2. The first-order valence-electron chi connectivity index (χ1n) is 17.2. The third-order valence-corrected chi connectivity index (χ3v) is 9.80. The molecule has 0 bridgehead atoms. The Balaban J connectivity index is 0.920. The molecule has 0 saturated carbocycles. The van der Waals surface area contributed by atoms with E-state index >= 15 is 0 Å². The van der Waals surface area contributed by atoms with E-state index in [4.69, 9.17) is 13.9 Å². The molecule has 4 aromatic carbocycles. The zero-order chi connectivity index (χ0) is 33.6. The molecular weight excluding hydrogens is 616 g/mol. The number of likely N-dealkylation sites (tertiary alicyclic amines) is 2. The smallest absolute Gasteiger partial charge is 0.415 e. The molecule has 0 unspecified atom stereocenters. The summed E-state index contributed by atoms with van der Waals surface area (Å²) in [6.07, 6.45) is 6.44. The zero-order valence-electron chi connectivity index (χ0n) is 27.5. The van der Waals surface area contributed by atoms with Crippen molar-refractivity contribution in [1.29, 1.82) is 0 Å². The van der Waals surface area contributed by atoms with E-state index in [2.05, 4.69) is 48.5 Å². The Morgan fingerprint density at radius 2 is 1.12 bits per heavy atom. The van der Waals surface area contributed by atoms with Gasteiger partial charge < -0.3 is 23.7 Å². The van der Waals surface area contributed by atoms with Crippen molar-refractivity contribution in [3.05, 3.63) is 131 Å². The number of ether oxygens (including phenoxy) is 2. The maximum absolute atomic E-state index is 13.4. The summed E-state index contributed by atoms with van der Waals surface area (Å²) >= 11 is 0. The van der Waals surface area contributed by atoms with Crippen molar-refractivity contribution in [2.75, 3.05) is 26.2 Å². The molecule has 2 fully saturated rings. The van der Waals surface area contributed by atoms with E-state index in [9.17, 15) is 14.4 Å². The number of rotatable bonds is 7. The molecule has 0 aliphatic carbocycles. The summed E-state index contributed by atoms with van der Waals surface area (Å²) in [5.74, 6) is 1.84. The van der Waals surface area contributed by atoms with Crippen molar-refractivity contribution in [3.8, 4) is 22.6 Å². The van der Waals surface area contributed by atoms with Crippen LogP contribution in [0.5, 0.6) is 11.5 Å². The molecule has 0 atom stereocenters. The third kappa shape index (κ3) is 7.86. The quantitative estimate of drug-likeness (QED) is 0.175. The summed E-state index contributed by atoms with van der Waals surface area (Å²) in [5.41, 5.74) is 3.80. The lowest BCUT2D eigenvalue weighted by molar-refractivity contribution is 0.130. The van der Waals surface area contributed by atoms with E-state index in [1.165, 1.54) is 17.4 Å². The lowest BCUT2D eigenvalue weighted by atomic mass is 9.90. The van der Waals surface area contributed by atoms with Crippen LogP contribution in [-0.4, -0.2) is 48.2 Å². The predicted molar refractivity (Wildman–Crippen MR) is 189 cm³/mol. The molecule has 0 spiro atoms. The van der Waals surface area contributed by atoms with Gasteiger partial charge in [0.25, 0.3) is 0 Å². The molecule has 2 aliphatic heterocycles. The minimum absolute atomic E-state index is 0.206. The zero-order valence-corrected chi connectivity index (χ0v) is 27.5. The SMILES string of the molecule is O=C(Oc1ccc(-c2coc3cc(OC(=O)N4CCC(Cc5ccccc5)CC4)ccc3c2=O)cc1)N1CCC(Cc2ccccc2)CC1. The Kier molecular flexibility index (Phi) is 9.73. The fourth-order valence-electron chi connectivity index (χ4n) is 6.94. The van der Waals surface area contributed by atoms with Gasteiger partial charge in [0.2, 0.25) is 0 Å². The van der Waals surface area contributed by atoms with Gasteiger partial charge >= 0.3 is 12.2 Å². The summed E-state index contributed by atoms with van der Waals surface area (Å²) in [6.45, 7) is 2.63. The standard InChI is InChI=1S/C41H40N2O6/c44-39-36-16-15-35(49-41(46)43-23-19-32(20-24-43)26-30-9-5-2-6-10-30)27-38(36)47-28-37(39)33-11-13-34(14-12-33)48-40(45)42-21-17-31(18-22-42)25-29-7-3-1-4-8-29/h1-16,27-28,31-32H,17-26H2. The van der Waals surface area contributed by atoms with E-state index in [-0.39, 0.29) is 11.5 Å². The van der Waals surface area contributed by atoms with Gasteiger partial charge in [-0.1, -0.05) is 72.8 Å². The number of carbonyl (C=O) groups excluding carboxylic acids is 2. The van der Waals surface area contributed by atoms with E-state index in [1.54, 1.807) is 52.3 Å². The van der Waals surface area contributed by atoms with Crippen molar-refractivity contribution in [2.45, 2.75) is 38.5 Å². The van der Waals surface area contributed by atoms with Gasteiger partial charge in [0, 0.05) is 32.2 Å². The maximum atomic E-state index is 13.4. The number of benzene rings is 4. The van der Waals surface area contributed by atoms with Crippen LogP contribution in [0.3, 0.4) is 0 Å². The number of amides is 2. The molecule has 250 valence electrons. The molecule has 8 nitrogen and oxygen atoms in total. The van der Waals surface area contributed by atoms with Gasteiger partial charge in [-0.15, -0.1) is 0 Å². The Hall–Kier alpha value is -5.37. The Labute approximate surface area is 285 Å². The average Bonchev–Trinajstić information content (AvgIpc) is 3.14. The molecule has 5 aromatic rings. The van der Waals surface area contributed by atoms with Crippen LogP contribution >= 0.6 is 0 Å². The average molecular weight is 657 g/mol. The van der Waals surface area contributed by atoms with Gasteiger partial charge in [-0.25, -0.2) is 9.59 Å². The van der Waals surface area contributed by atoms with E-state index in [0.29, 0.717) is 71.6 Å². The van der Waals surface area contributed by atoms with Crippen LogP contribution in [0.25, 0.3) is 22.1 Å². The Morgan fingerprint density at radius 3 is 1.65 bits per heavy atom. The first-order chi connectivity index (χ1) is 24.0. The monoisotopic (exact) mass is 656 g/mol. The summed E-state index contributed by atoms with van der Waals surface area (Å²) in [4.78, 5) is 42.7. The van der Waals surface area contributed by atoms with E-state index < -0.39 is 6.09 Å². The number of hydrogen-bond acceptors (Lipinski definition) is 6. The molecule has 0 N–H and O–H groups in total. The van der Waals surface area contributed by atoms with Crippen LogP contribution < -0.4 is 14.9 Å². The summed E-state index contributed by atoms with van der Waals surface area (Å²) in [6, 6.07) is 32.6. The highest BCUT2D eigenvalue weighted by Crippen LogP contribution is 2.28. The van der Waals surface area contributed by atoms with Crippen molar-refractivity contribution in [2.24, 2.45) is 11.8 Å². The predicted octanol–water partition coefficient (Wildman–Crippen LogP) is 8.37. The van der Waals surface area contributed by atoms with Crippen LogP contribution in [-0.2, 0) is 12.8 Å². The highest BCUT2D eigenvalue weighted by atomic mass is 16.6. The highest BCUT2D eigenvalue weighted by Gasteiger charge is 2.26. The summed E-state index contributed by atoms with van der Waals surface area (Å²) < 4.78 is 17.2. The molecule has 1 aromatic heterocycles. The largest absolute Gasteiger partial charge is 0.463 e. The second-order valence-electron chi connectivity index (χ2n) is 13.1. The fraction of sp³-hybridized carbons (Fsp3) is 0.293. The minimum atomic E-state index is -0.398. The molecule has 49 heavy (non-hydrogen) atoms. The van der Waals surface area contributed by atoms with E-state index in [0.717, 1.165) is 38.5 Å². The van der Waals surface area contributed by atoms with Crippen LogP contribution in [0.4, 0.5) is 9.59 Å². The van der Waals surface area contributed by atoms with E-state index in [1.807, 2.05) is 12.1 Å². The maximum Gasteiger partial charge on any atom is 0.415 e. The van der Waals surface area contributed by atoms with Gasteiger partial charge in [-0.2, -0.15) is 0 Å². The number of hydrogen-bond donors (Lipinski definition) is 0. The van der Waals surface area contributed by atoms with Gasteiger partial charge in [0.15, 0.2) is 5.43 Å². The number of carbonyl (C=O) groups is 2. The summed E-state index contributed by atoms with van der Waals surface area (Å²) in [7, 11) is 0. The second kappa shape index (κ2) is 14.8. The van der Waals surface area contributed by atoms with Crippen molar-refractivity contribution >= 4 is 23.2 Å². The molecular formula is C41H40N2O6. The van der Waals surface area contributed by atoms with Crippen molar-refractivity contribution in [1.82, 2.24) is 9.80 Å². The third-order valence-electron chi connectivity index (χ3n) is 9.80. The molecule has 8 heteroatoms. The molecule has 3 heterocycles. The molecule has 2 amide bonds. The van der Waals surface area contributed by atoms with Crippen molar-refractivity contribution < 1.29 is 23.5 Å². The highest BCUT2D eigenvalue weighted by molar-refractivity contribution is 5.83. The molecule has 2 saturated heterocycles. The Bertz CT molecular complexity index is 1940. The topological polar surface area (TPSA) is 89.3 Å². The van der Waals surface area contributed by atoms with Gasteiger partial charge in [-0.3, -0.25) is 4.79 Å². The normalized spacial score (nSPS) is 15.7. The fourth-order valence-corrected chi connectivity index (χ4v) is 6.94. The summed E-state index contributed by atoms with van der Waals surface area (Å²) in [5, 5.41) is 0.380. The number of fused-ring (bicyclic) bond motifs is 1. The van der Waals surface area contributed by atoms with Crippen molar-refractivity contribution in [3.63, 3.8) is 0 Å². The lowest BCUT2D eigenvalue weighted by Gasteiger charge is -2.31. The van der Waals surface area contributed by atoms with Gasteiger partial charge in [-0.05, 0) is 91.3 Å². The second-order valence-corrected chi connectivity index (χ2v) is 13.1. The first-order valence-corrected chi connectivity index (χ1v) is 17.2.